The summed E-state index contributed by atoms with van der Waals surface area (Å²) in [6, 6.07) is 12.7. The topological polar surface area (TPSA) is 33.2 Å². The van der Waals surface area contributed by atoms with Gasteiger partial charge in [0.1, 0.15) is 5.82 Å². The second-order valence-electron chi connectivity index (χ2n) is 6.23. The summed E-state index contributed by atoms with van der Waals surface area (Å²) in [6.07, 6.45) is 1.91. The second kappa shape index (κ2) is 6.84. The number of rotatable bonds is 2. The van der Waals surface area contributed by atoms with Gasteiger partial charge in [-0.05, 0) is 43.2 Å². The standard InChI is InChI=1S/C19H16BrFN2OS/c20-13-7-8-14(15(21)10-13)19(24)23-9-3-4-12(11-23)18-22-16-5-1-2-6-17(16)25-18/h1-2,5-8,10,12H,3-4,9,11H2. The van der Waals surface area contributed by atoms with Crippen LogP contribution in [-0.4, -0.2) is 28.9 Å². The van der Waals surface area contributed by atoms with Gasteiger partial charge >= 0.3 is 0 Å². The molecule has 25 heavy (non-hydrogen) atoms. The molecular formula is C19H16BrFN2OS. The summed E-state index contributed by atoms with van der Waals surface area (Å²) in [5, 5.41) is 1.06. The average Bonchev–Trinajstić information content (AvgIpc) is 3.05. The predicted octanol–water partition coefficient (Wildman–Crippen LogP) is 5.22. The van der Waals surface area contributed by atoms with E-state index in [1.807, 2.05) is 18.2 Å². The van der Waals surface area contributed by atoms with E-state index in [1.165, 1.54) is 10.8 Å². The van der Waals surface area contributed by atoms with Gasteiger partial charge in [-0.2, -0.15) is 0 Å². The van der Waals surface area contributed by atoms with Gasteiger partial charge in [0.05, 0.1) is 20.8 Å². The smallest absolute Gasteiger partial charge is 0.256 e. The summed E-state index contributed by atoms with van der Waals surface area (Å²) in [4.78, 5) is 19.2. The first-order valence-electron chi connectivity index (χ1n) is 8.21. The quantitative estimate of drug-likeness (QED) is 0.571. The first kappa shape index (κ1) is 16.7. The van der Waals surface area contributed by atoms with Gasteiger partial charge in [-0.25, -0.2) is 9.37 Å². The Labute approximate surface area is 157 Å². The second-order valence-corrected chi connectivity index (χ2v) is 8.21. The van der Waals surface area contributed by atoms with Gasteiger partial charge in [0.25, 0.3) is 5.91 Å². The van der Waals surface area contributed by atoms with Crippen LogP contribution in [0.1, 0.15) is 34.1 Å². The third-order valence-corrected chi connectivity index (χ3v) is 6.22. The number of benzene rings is 2. The maximum Gasteiger partial charge on any atom is 0.256 e. The van der Waals surface area contributed by atoms with Gasteiger partial charge in [-0.3, -0.25) is 4.79 Å². The highest BCUT2D eigenvalue weighted by Gasteiger charge is 2.28. The lowest BCUT2D eigenvalue weighted by molar-refractivity contribution is 0.0702. The molecule has 1 saturated heterocycles. The zero-order chi connectivity index (χ0) is 17.4. The van der Waals surface area contributed by atoms with Crippen LogP contribution < -0.4 is 0 Å². The number of amides is 1. The van der Waals surface area contributed by atoms with Gasteiger partial charge in [-0.15, -0.1) is 11.3 Å². The lowest BCUT2D eigenvalue weighted by atomic mass is 9.98. The number of nitrogens with zero attached hydrogens (tertiary/aromatic N) is 2. The molecule has 1 amide bonds. The van der Waals surface area contributed by atoms with E-state index in [-0.39, 0.29) is 17.4 Å². The molecule has 1 aliphatic heterocycles. The normalized spacial score (nSPS) is 17.8. The van der Waals surface area contributed by atoms with E-state index in [2.05, 4.69) is 22.0 Å². The van der Waals surface area contributed by atoms with Gasteiger partial charge < -0.3 is 4.90 Å². The summed E-state index contributed by atoms with van der Waals surface area (Å²) in [5.41, 5.74) is 1.14. The molecule has 0 spiro atoms. The van der Waals surface area contributed by atoms with E-state index >= 15 is 0 Å². The van der Waals surface area contributed by atoms with Crippen LogP contribution in [0.3, 0.4) is 0 Å². The maximum atomic E-state index is 14.1. The molecule has 0 aliphatic carbocycles. The van der Waals surface area contributed by atoms with Crippen molar-refractivity contribution >= 4 is 43.4 Å². The molecule has 4 rings (SSSR count). The van der Waals surface area contributed by atoms with Crippen LogP contribution in [0.15, 0.2) is 46.9 Å². The minimum absolute atomic E-state index is 0.133. The molecule has 3 aromatic rings. The number of aromatic nitrogens is 1. The molecule has 0 saturated carbocycles. The Bertz CT molecular complexity index is 909. The molecule has 2 heterocycles. The zero-order valence-electron chi connectivity index (χ0n) is 13.4. The summed E-state index contributed by atoms with van der Waals surface area (Å²) >= 11 is 4.92. The van der Waals surface area contributed by atoms with E-state index in [0.717, 1.165) is 23.4 Å². The number of piperidine rings is 1. The summed E-state index contributed by atoms with van der Waals surface area (Å²) in [5.74, 6) is -0.508. The number of hydrogen-bond donors (Lipinski definition) is 0. The molecule has 1 fully saturated rings. The van der Waals surface area contributed by atoms with Crippen molar-refractivity contribution in [2.45, 2.75) is 18.8 Å². The first-order valence-corrected chi connectivity index (χ1v) is 9.82. The SMILES string of the molecule is O=C(c1ccc(Br)cc1F)N1CCCC(c2nc3ccccc3s2)C1. The van der Waals surface area contributed by atoms with Gasteiger partial charge in [0.15, 0.2) is 0 Å². The van der Waals surface area contributed by atoms with Gasteiger partial charge in [-0.1, -0.05) is 28.1 Å². The molecule has 1 aromatic heterocycles. The molecule has 1 aliphatic rings. The molecule has 2 aromatic carbocycles. The van der Waals surface area contributed by atoms with Crippen molar-refractivity contribution in [2.24, 2.45) is 0 Å². The Morgan fingerprint density at radius 1 is 1.28 bits per heavy atom. The molecule has 0 N–H and O–H groups in total. The fraction of sp³-hybridized carbons (Fsp3) is 0.263. The van der Waals surface area contributed by atoms with Crippen LogP contribution in [0.4, 0.5) is 4.39 Å². The number of likely N-dealkylation sites (tertiary alicyclic amines) is 1. The van der Waals surface area contributed by atoms with Gasteiger partial charge in [0.2, 0.25) is 0 Å². The van der Waals surface area contributed by atoms with E-state index in [0.29, 0.717) is 17.6 Å². The van der Waals surface area contributed by atoms with Crippen molar-refractivity contribution in [1.29, 1.82) is 0 Å². The largest absolute Gasteiger partial charge is 0.338 e. The van der Waals surface area contributed by atoms with E-state index in [9.17, 15) is 9.18 Å². The predicted molar refractivity (Wildman–Crippen MR) is 102 cm³/mol. The fourth-order valence-electron chi connectivity index (χ4n) is 3.26. The maximum absolute atomic E-state index is 14.1. The van der Waals surface area contributed by atoms with E-state index in [4.69, 9.17) is 4.98 Å². The minimum Gasteiger partial charge on any atom is -0.338 e. The van der Waals surface area contributed by atoms with Crippen LogP contribution in [0.5, 0.6) is 0 Å². The van der Waals surface area contributed by atoms with E-state index < -0.39 is 5.82 Å². The highest BCUT2D eigenvalue weighted by atomic mass is 79.9. The number of halogens is 2. The van der Waals surface area contributed by atoms with Crippen molar-refractivity contribution < 1.29 is 9.18 Å². The van der Waals surface area contributed by atoms with Crippen molar-refractivity contribution in [1.82, 2.24) is 9.88 Å². The van der Waals surface area contributed by atoms with Gasteiger partial charge in [0, 0.05) is 23.5 Å². The van der Waals surface area contributed by atoms with Crippen LogP contribution in [-0.2, 0) is 0 Å². The molecule has 1 atom stereocenters. The number of thiazole rings is 1. The third-order valence-electron chi connectivity index (χ3n) is 4.53. The number of carbonyl (C=O) groups excluding carboxylic acids is 1. The summed E-state index contributed by atoms with van der Waals surface area (Å²) in [7, 11) is 0. The van der Waals surface area contributed by atoms with Crippen molar-refractivity contribution in [2.75, 3.05) is 13.1 Å². The zero-order valence-corrected chi connectivity index (χ0v) is 15.8. The lowest BCUT2D eigenvalue weighted by Gasteiger charge is -2.32. The lowest BCUT2D eigenvalue weighted by Crippen LogP contribution is -2.39. The molecule has 6 heteroatoms. The Kier molecular flexibility index (Phi) is 4.56. The van der Waals surface area contributed by atoms with Crippen molar-refractivity contribution in [3.63, 3.8) is 0 Å². The fourth-order valence-corrected chi connectivity index (χ4v) is 4.69. The molecular weight excluding hydrogens is 403 g/mol. The number of carbonyl (C=O) groups is 1. The molecule has 0 bridgehead atoms. The van der Waals surface area contributed by atoms with Crippen LogP contribution in [0, 0.1) is 5.82 Å². The molecule has 1 unspecified atom stereocenters. The molecule has 0 radical (unpaired) electrons. The van der Waals surface area contributed by atoms with Crippen LogP contribution in [0.2, 0.25) is 0 Å². The molecule has 3 nitrogen and oxygen atoms in total. The minimum atomic E-state index is -0.485. The van der Waals surface area contributed by atoms with Crippen molar-refractivity contribution in [3.8, 4) is 0 Å². The highest BCUT2D eigenvalue weighted by Crippen LogP contribution is 2.33. The Balaban J connectivity index is 1.57. The number of hydrogen-bond acceptors (Lipinski definition) is 3. The Morgan fingerprint density at radius 3 is 2.92 bits per heavy atom. The van der Waals surface area contributed by atoms with Crippen molar-refractivity contribution in [3.05, 3.63) is 63.3 Å². The average molecular weight is 419 g/mol. The highest BCUT2D eigenvalue weighted by molar-refractivity contribution is 9.10. The van der Waals surface area contributed by atoms with Crippen LogP contribution >= 0.6 is 27.3 Å². The monoisotopic (exact) mass is 418 g/mol. The summed E-state index contributed by atoms with van der Waals surface area (Å²) < 4.78 is 15.9. The Hall–Kier alpha value is -1.79. The Morgan fingerprint density at radius 2 is 2.12 bits per heavy atom. The third kappa shape index (κ3) is 3.33. The van der Waals surface area contributed by atoms with E-state index in [1.54, 1.807) is 28.4 Å². The number of fused-ring (bicyclic) bond motifs is 1. The number of para-hydroxylation sites is 1. The van der Waals surface area contributed by atoms with Crippen LogP contribution in [0.25, 0.3) is 10.2 Å². The summed E-state index contributed by atoms with van der Waals surface area (Å²) in [6.45, 7) is 1.25. The first-order chi connectivity index (χ1) is 12.1. The molecule has 128 valence electrons.